The number of Topliss-reactive ketones (excluding diaryl/α,β-unsaturated/α-hetero) is 1. The van der Waals surface area contributed by atoms with E-state index in [1.165, 1.54) is 0 Å². The van der Waals surface area contributed by atoms with E-state index in [4.69, 9.17) is 9.26 Å². The van der Waals surface area contributed by atoms with Gasteiger partial charge in [-0.25, -0.2) is 0 Å². The Labute approximate surface area is 152 Å². The first kappa shape index (κ1) is 18.1. The van der Waals surface area contributed by atoms with E-state index in [-0.39, 0.29) is 18.1 Å². The van der Waals surface area contributed by atoms with Gasteiger partial charge >= 0.3 is 0 Å². The van der Waals surface area contributed by atoms with Crippen LogP contribution >= 0.6 is 0 Å². The number of piperazine rings is 1. The van der Waals surface area contributed by atoms with Crippen LogP contribution in [0.5, 0.6) is 5.75 Å². The molecule has 1 aromatic heterocycles. The Hall–Kier alpha value is -2.67. The average molecular weight is 357 g/mol. The van der Waals surface area contributed by atoms with Gasteiger partial charge in [0.15, 0.2) is 5.78 Å². The predicted molar refractivity (Wildman–Crippen MR) is 95.3 cm³/mol. The smallest absolute Gasteiger partial charge is 0.228 e. The minimum absolute atomic E-state index is 0.0411. The van der Waals surface area contributed by atoms with Crippen molar-refractivity contribution in [3.63, 3.8) is 0 Å². The zero-order valence-electron chi connectivity index (χ0n) is 15.1. The highest BCUT2D eigenvalue weighted by Gasteiger charge is 2.23. The van der Waals surface area contributed by atoms with Crippen LogP contribution in [-0.2, 0) is 11.2 Å². The lowest BCUT2D eigenvalue weighted by Gasteiger charge is -2.34. The van der Waals surface area contributed by atoms with Gasteiger partial charge in [-0.1, -0.05) is 5.16 Å². The Bertz CT molecular complexity index is 761. The minimum Gasteiger partial charge on any atom is -0.497 e. The number of aryl methyl sites for hydroxylation is 1. The zero-order chi connectivity index (χ0) is 18.5. The second-order valence-electron chi connectivity index (χ2n) is 6.41. The first-order valence-electron chi connectivity index (χ1n) is 8.65. The summed E-state index contributed by atoms with van der Waals surface area (Å²) in [6.45, 7) is 4.77. The molecule has 2 heterocycles. The minimum atomic E-state index is 0.0411. The van der Waals surface area contributed by atoms with E-state index in [2.05, 4.69) is 10.1 Å². The van der Waals surface area contributed by atoms with E-state index >= 15 is 0 Å². The summed E-state index contributed by atoms with van der Waals surface area (Å²) in [6, 6.07) is 8.91. The molecule has 1 aliphatic rings. The standard InChI is InChI=1S/C19H23N3O4/c1-14-11-16(20-26-14)12-19(24)22-9-7-21(8-10-22)13-18(23)15-3-5-17(25-2)6-4-15/h3-6,11H,7-10,12-13H2,1-2H3. The number of ketones is 1. The monoisotopic (exact) mass is 357 g/mol. The Morgan fingerprint density at radius 2 is 1.85 bits per heavy atom. The van der Waals surface area contributed by atoms with Crippen LogP contribution in [0.25, 0.3) is 0 Å². The molecule has 3 rings (SSSR count). The number of carbonyl (C=O) groups excluding carboxylic acids is 2. The van der Waals surface area contributed by atoms with Crippen molar-refractivity contribution in [2.75, 3.05) is 39.8 Å². The second-order valence-corrected chi connectivity index (χ2v) is 6.41. The van der Waals surface area contributed by atoms with Crippen LogP contribution in [-0.4, -0.2) is 66.5 Å². The van der Waals surface area contributed by atoms with Crippen molar-refractivity contribution in [3.8, 4) is 5.75 Å². The lowest BCUT2D eigenvalue weighted by atomic mass is 10.1. The Kier molecular flexibility index (Phi) is 5.68. The molecule has 26 heavy (non-hydrogen) atoms. The molecule has 1 saturated heterocycles. The topological polar surface area (TPSA) is 75.9 Å². The van der Waals surface area contributed by atoms with Gasteiger partial charge in [-0.2, -0.15) is 0 Å². The number of hydrogen-bond donors (Lipinski definition) is 0. The Morgan fingerprint density at radius 3 is 2.42 bits per heavy atom. The molecule has 7 heteroatoms. The molecule has 7 nitrogen and oxygen atoms in total. The summed E-state index contributed by atoms with van der Waals surface area (Å²) in [5.74, 6) is 1.55. The lowest BCUT2D eigenvalue weighted by Crippen LogP contribution is -2.50. The van der Waals surface area contributed by atoms with Gasteiger partial charge in [-0.05, 0) is 31.2 Å². The third kappa shape index (κ3) is 4.49. The van der Waals surface area contributed by atoms with Gasteiger partial charge in [0.1, 0.15) is 11.5 Å². The van der Waals surface area contributed by atoms with Crippen molar-refractivity contribution < 1.29 is 18.8 Å². The summed E-state index contributed by atoms with van der Waals surface area (Å²) >= 11 is 0. The third-order valence-corrected chi connectivity index (χ3v) is 4.51. The summed E-state index contributed by atoms with van der Waals surface area (Å²) < 4.78 is 10.1. The summed E-state index contributed by atoms with van der Waals surface area (Å²) in [5, 5.41) is 3.86. The Morgan fingerprint density at radius 1 is 1.15 bits per heavy atom. The molecule has 0 aliphatic carbocycles. The number of amides is 1. The van der Waals surface area contributed by atoms with Crippen molar-refractivity contribution >= 4 is 11.7 Å². The highest BCUT2D eigenvalue weighted by atomic mass is 16.5. The molecular weight excluding hydrogens is 334 g/mol. The first-order chi connectivity index (χ1) is 12.5. The van der Waals surface area contributed by atoms with Gasteiger partial charge in [0.25, 0.3) is 0 Å². The van der Waals surface area contributed by atoms with Gasteiger partial charge in [-0.3, -0.25) is 14.5 Å². The molecule has 1 fully saturated rings. The van der Waals surface area contributed by atoms with E-state index < -0.39 is 0 Å². The number of methoxy groups -OCH3 is 1. The quantitative estimate of drug-likeness (QED) is 0.731. The fraction of sp³-hybridized carbons (Fsp3) is 0.421. The van der Waals surface area contributed by atoms with Crippen molar-refractivity contribution in [3.05, 3.63) is 47.3 Å². The molecule has 138 valence electrons. The molecule has 1 aliphatic heterocycles. The van der Waals surface area contributed by atoms with Crippen LogP contribution in [0.15, 0.2) is 34.9 Å². The summed E-state index contributed by atoms with van der Waals surface area (Å²) in [7, 11) is 1.60. The fourth-order valence-electron chi connectivity index (χ4n) is 2.99. The molecule has 0 bridgehead atoms. The molecule has 0 N–H and O–H groups in total. The largest absolute Gasteiger partial charge is 0.497 e. The number of carbonyl (C=O) groups is 2. The maximum atomic E-state index is 12.4. The van der Waals surface area contributed by atoms with E-state index in [0.29, 0.717) is 49.7 Å². The number of hydrogen-bond acceptors (Lipinski definition) is 6. The first-order valence-corrected chi connectivity index (χ1v) is 8.65. The van der Waals surface area contributed by atoms with Crippen molar-refractivity contribution in [1.82, 2.24) is 15.0 Å². The molecule has 0 saturated carbocycles. The van der Waals surface area contributed by atoms with Crippen LogP contribution in [0.1, 0.15) is 21.8 Å². The van der Waals surface area contributed by atoms with Gasteiger partial charge < -0.3 is 14.2 Å². The number of rotatable bonds is 6. The van der Waals surface area contributed by atoms with E-state index in [1.807, 2.05) is 4.90 Å². The van der Waals surface area contributed by atoms with E-state index in [9.17, 15) is 9.59 Å². The number of nitrogens with zero attached hydrogens (tertiary/aromatic N) is 3. The second kappa shape index (κ2) is 8.14. The Balaban J connectivity index is 1.47. The van der Waals surface area contributed by atoms with Crippen LogP contribution in [0, 0.1) is 6.92 Å². The summed E-state index contributed by atoms with van der Waals surface area (Å²) in [4.78, 5) is 28.6. The highest BCUT2D eigenvalue weighted by molar-refractivity contribution is 5.97. The van der Waals surface area contributed by atoms with E-state index in [0.717, 1.165) is 5.75 Å². The third-order valence-electron chi connectivity index (χ3n) is 4.51. The van der Waals surface area contributed by atoms with Gasteiger partial charge in [0.2, 0.25) is 5.91 Å². The normalized spacial score (nSPS) is 15.1. The van der Waals surface area contributed by atoms with Crippen LogP contribution in [0.4, 0.5) is 0 Å². The fourth-order valence-corrected chi connectivity index (χ4v) is 2.99. The number of ether oxygens (including phenoxy) is 1. The highest BCUT2D eigenvalue weighted by Crippen LogP contribution is 2.13. The molecule has 0 radical (unpaired) electrons. The molecule has 2 aromatic rings. The molecule has 1 amide bonds. The van der Waals surface area contributed by atoms with Crippen molar-refractivity contribution in [1.29, 1.82) is 0 Å². The van der Waals surface area contributed by atoms with Gasteiger partial charge in [0.05, 0.1) is 25.8 Å². The SMILES string of the molecule is COc1ccc(C(=O)CN2CCN(C(=O)Cc3cc(C)on3)CC2)cc1. The van der Waals surface area contributed by atoms with Crippen molar-refractivity contribution in [2.45, 2.75) is 13.3 Å². The van der Waals surface area contributed by atoms with Gasteiger partial charge in [0, 0.05) is 37.8 Å². The summed E-state index contributed by atoms with van der Waals surface area (Å²) in [5.41, 5.74) is 1.33. The summed E-state index contributed by atoms with van der Waals surface area (Å²) in [6.07, 6.45) is 0.252. The molecule has 0 unspecified atom stereocenters. The zero-order valence-corrected chi connectivity index (χ0v) is 15.1. The number of aromatic nitrogens is 1. The predicted octanol–water partition coefficient (Wildman–Crippen LogP) is 1.56. The molecule has 1 aromatic carbocycles. The van der Waals surface area contributed by atoms with Crippen LogP contribution < -0.4 is 4.74 Å². The lowest BCUT2D eigenvalue weighted by molar-refractivity contribution is -0.132. The molecular formula is C19H23N3O4. The van der Waals surface area contributed by atoms with Crippen LogP contribution in [0.2, 0.25) is 0 Å². The maximum Gasteiger partial charge on any atom is 0.228 e. The van der Waals surface area contributed by atoms with Gasteiger partial charge in [-0.15, -0.1) is 0 Å². The average Bonchev–Trinajstić information content (AvgIpc) is 3.07. The van der Waals surface area contributed by atoms with Crippen LogP contribution in [0.3, 0.4) is 0 Å². The number of benzene rings is 1. The maximum absolute atomic E-state index is 12.4. The van der Waals surface area contributed by atoms with E-state index in [1.54, 1.807) is 44.4 Å². The van der Waals surface area contributed by atoms with Crippen molar-refractivity contribution in [2.24, 2.45) is 0 Å². The molecule has 0 spiro atoms. The molecule has 0 atom stereocenters.